The van der Waals surface area contributed by atoms with Gasteiger partial charge in [-0.25, -0.2) is 0 Å². The fourth-order valence-electron chi connectivity index (χ4n) is 2.31. The molecule has 17 heavy (non-hydrogen) atoms. The van der Waals surface area contributed by atoms with Gasteiger partial charge >= 0.3 is 0 Å². The molecule has 1 aromatic rings. The second-order valence-electron chi connectivity index (χ2n) is 4.51. The van der Waals surface area contributed by atoms with Crippen molar-refractivity contribution in [3.63, 3.8) is 0 Å². The fraction of sp³-hybridized carbons (Fsp3) is 0.538. The summed E-state index contributed by atoms with van der Waals surface area (Å²) >= 11 is 3.60. The highest BCUT2D eigenvalue weighted by Crippen LogP contribution is 2.28. The van der Waals surface area contributed by atoms with E-state index in [0.717, 1.165) is 30.7 Å². The molecule has 0 unspecified atom stereocenters. The van der Waals surface area contributed by atoms with E-state index >= 15 is 0 Å². The molecule has 1 aliphatic heterocycles. The van der Waals surface area contributed by atoms with Gasteiger partial charge in [-0.1, -0.05) is 28.1 Å². The van der Waals surface area contributed by atoms with Crippen LogP contribution in [0.1, 0.15) is 17.2 Å². The third kappa shape index (κ3) is 3.07. The Balaban J connectivity index is 2.21. The monoisotopic (exact) mass is 298 g/mol. The average Bonchev–Trinajstić information content (AvgIpc) is 2.34. The van der Waals surface area contributed by atoms with Crippen molar-refractivity contribution < 1.29 is 5.11 Å². The van der Waals surface area contributed by atoms with Crippen LogP contribution in [-0.4, -0.2) is 42.8 Å². The van der Waals surface area contributed by atoms with Crippen LogP contribution < -0.4 is 5.32 Å². The van der Waals surface area contributed by atoms with Gasteiger partial charge in [0.1, 0.15) is 0 Å². The first-order chi connectivity index (χ1) is 8.22. The van der Waals surface area contributed by atoms with Crippen LogP contribution in [0, 0.1) is 6.92 Å². The highest BCUT2D eigenvalue weighted by molar-refractivity contribution is 9.10. The lowest BCUT2D eigenvalue weighted by Crippen LogP contribution is -2.46. The summed E-state index contributed by atoms with van der Waals surface area (Å²) < 4.78 is 1.09. The van der Waals surface area contributed by atoms with Crippen molar-refractivity contribution in [1.82, 2.24) is 10.2 Å². The number of piperazine rings is 1. The van der Waals surface area contributed by atoms with E-state index in [1.54, 1.807) is 0 Å². The minimum Gasteiger partial charge on any atom is -0.394 e. The molecule has 0 aromatic heterocycles. The Morgan fingerprint density at radius 1 is 1.41 bits per heavy atom. The van der Waals surface area contributed by atoms with Gasteiger partial charge in [-0.2, -0.15) is 0 Å². The number of hydrogen-bond acceptors (Lipinski definition) is 3. The number of benzene rings is 1. The summed E-state index contributed by atoms with van der Waals surface area (Å²) in [5.41, 5.74) is 2.41. The molecule has 1 heterocycles. The molecular weight excluding hydrogens is 280 g/mol. The Labute approximate surface area is 111 Å². The minimum absolute atomic E-state index is 0.104. The number of rotatable bonds is 3. The highest BCUT2D eigenvalue weighted by Gasteiger charge is 2.22. The van der Waals surface area contributed by atoms with E-state index < -0.39 is 0 Å². The smallest absolute Gasteiger partial charge is 0.0629 e. The van der Waals surface area contributed by atoms with Crippen LogP contribution in [0.2, 0.25) is 0 Å². The molecule has 1 atom stereocenters. The van der Waals surface area contributed by atoms with Gasteiger partial charge in [0, 0.05) is 30.7 Å². The molecule has 0 aliphatic carbocycles. The summed E-state index contributed by atoms with van der Waals surface area (Å²) in [6.07, 6.45) is 0. The number of aryl methyl sites for hydroxylation is 1. The van der Waals surface area contributed by atoms with Crippen LogP contribution in [0.3, 0.4) is 0 Å². The Hall–Kier alpha value is -0.420. The van der Waals surface area contributed by atoms with Gasteiger partial charge in [-0.15, -0.1) is 0 Å². The predicted molar refractivity (Wildman–Crippen MR) is 73.1 cm³/mol. The fourth-order valence-corrected chi connectivity index (χ4v) is 3.06. The molecule has 94 valence electrons. The lowest BCUT2D eigenvalue weighted by molar-refractivity contribution is 0.110. The van der Waals surface area contributed by atoms with E-state index in [1.807, 2.05) is 0 Å². The van der Waals surface area contributed by atoms with Gasteiger partial charge in [-0.05, 0) is 24.1 Å². The first-order valence-corrected chi connectivity index (χ1v) is 6.83. The standard InChI is InChI=1S/C13H19BrN2O/c1-10-2-3-11(12(14)8-10)13(9-17)16-6-4-15-5-7-16/h2-3,8,13,15,17H,4-7,9H2,1H3/t13-/m1/s1. The van der Waals surface area contributed by atoms with Crippen LogP contribution in [-0.2, 0) is 0 Å². The average molecular weight is 299 g/mol. The summed E-state index contributed by atoms with van der Waals surface area (Å²) in [5, 5.41) is 13.0. The lowest BCUT2D eigenvalue weighted by atomic mass is 10.0. The van der Waals surface area contributed by atoms with Crippen LogP contribution in [0.15, 0.2) is 22.7 Å². The van der Waals surface area contributed by atoms with E-state index in [9.17, 15) is 5.11 Å². The maximum absolute atomic E-state index is 9.64. The summed E-state index contributed by atoms with van der Waals surface area (Å²) in [6, 6.07) is 6.43. The zero-order chi connectivity index (χ0) is 12.3. The topological polar surface area (TPSA) is 35.5 Å². The number of halogens is 1. The van der Waals surface area contributed by atoms with Crippen LogP contribution >= 0.6 is 15.9 Å². The Bertz CT molecular complexity index is 378. The zero-order valence-electron chi connectivity index (χ0n) is 10.1. The van der Waals surface area contributed by atoms with Crippen molar-refractivity contribution in [2.75, 3.05) is 32.8 Å². The molecular formula is C13H19BrN2O. The zero-order valence-corrected chi connectivity index (χ0v) is 11.7. The normalized spacial score (nSPS) is 19.2. The van der Waals surface area contributed by atoms with E-state index in [4.69, 9.17) is 0 Å². The maximum atomic E-state index is 9.64. The Kier molecular flexibility index (Phi) is 4.56. The van der Waals surface area contributed by atoms with Crippen LogP contribution in [0.25, 0.3) is 0 Å². The molecule has 0 radical (unpaired) electrons. The number of aliphatic hydroxyl groups excluding tert-OH is 1. The molecule has 0 amide bonds. The van der Waals surface area contributed by atoms with Crippen molar-refractivity contribution in [1.29, 1.82) is 0 Å². The number of nitrogens with one attached hydrogen (secondary N) is 1. The molecule has 0 saturated carbocycles. The third-order valence-electron chi connectivity index (χ3n) is 3.28. The first kappa shape index (κ1) is 13.0. The Morgan fingerprint density at radius 2 is 2.12 bits per heavy atom. The maximum Gasteiger partial charge on any atom is 0.0629 e. The minimum atomic E-state index is 0.104. The molecule has 0 bridgehead atoms. The van der Waals surface area contributed by atoms with Gasteiger partial charge < -0.3 is 10.4 Å². The van der Waals surface area contributed by atoms with Gasteiger partial charge in [0.15, 0.2) is 0 Å². The van der Waals surface area contributed by atoms with Gasteiger partial charge in [0.05, 0.1) is 12.6 Å². The predicted octanol–water partition coefficient (Wildman–Crippen LogP) is 1.70. The van der Waals surface area contributed by atoms with E-state index in [-0.39, 0.29) is 12.6 Å². The third-order valence-corrected chi connectivity index (χ3v) is 3.97. The molecule has 1 aromatic carbocycles. The number of nitrogens with zero attached hydrogens (tertiary/aromatic N) is 1. The van der Waals surface area contributed by atoms with Gasteiger partial charge in [0.2, 0.25) is 0 Å². The van der Waals surface area contributed by atoms with Crippen molar-refractivity contribution in [2.24, 2.45) is 0 Å². The second-order valence-corrected chi connectivity index (χ2v) is 5.36. The number of aliphatic hydroxyl groups is 1. The van der Waals surface area contributed by atoms with E-state index in [0.29, 0.717) is 0 Å². The highest BCUT2D eigenvalue weighted by atomic mass is 79.9. The Morgan fingerprint density at radius 3 is 2.71 bits per heavy atom. The molecule has 1 fully saturated rings. The molecule has 4 heteroatoms. The first-order valence-electron chi connectivity index (χ1n) is 6.04. The van der Waals surface area contributed by atoms with Crippen LogP contribution in [0.5, 0.6) is 0 Å². The molecule has 3 nitrogen and oxygen atoms in total. The van der Waals surface area contributed by atoms with Gasteiger partial charge in [0.25, 0.3) is 0 Å². The molecule has 2 rings (SSSR count). The quantitative estimate of drug-likeness (QED) is 0.892. The van der Waals surface area contributed by atoms with Gasteiger partial charge in [-0.3, -0.25) is 4.90 Å². The van der Waals surface area contributed by atoms with E-state index in [1.165, 1.54) is 11.1 Å². The molecule has 1 saturated heterocycles. The number of hydrogen-bond donors (Lipinski definition) is 2. The largest absolute Gasteiger partial charge is 0.394 e. The van der Waals surface area contributed by atoms with Crippen molar-refractivity contribution in [3.05, 3.63) is 33.8 Å². The van der Waals surface area contributed by atoms with Crippen molar-refractivity contribution >= 4 is 15.9 Å². The lowest BCUT2D eigenvalue weighted by Gasteiger charge is -2.34. The summed E-state index contributed by atoms with van der Waals surface area (Å²) in [7, 11) is 0. The summed E-state index contributed by atoms with van der Waals surface area (Å²) in [4.78, 5) is 2.34. The van der Waals surface area contributed by atoms with Crippen molar-refractivity contribution in [2.45, 2.75) is 13.0 Å². The molecule has 0 spiro atoms. The SMILES string of the molecule is Cc1ccc([C@@H](CO)N2CCNCC2)c(Br)c1. The second kappa shape index (κ2) is 5.96. The molecule has 2 N–H and O–H groups in total. The summed E-state index contributed by atoms with van der Waals surface area (Å²) in [5.74, 6) is 0. The van der Waals surface area contributed by atoms with Crippen LogP contribution in [0.4, 0.5) is 0 Å². The molecule has 1 aliphatic rings. The van der Waals surface area contributed by atoms with Crippen molar-refractivity contribution in [3.8, 4) is 0 Å². The summed E-state index contributed by atoms with van der Waals surface area (Å²) in [6.45, 7) is 6.23. The van der Waals surface area contributed by atoms with E-state index in [2.05, 4.69) is 51.3 Å².